The minimum absolute atomic E-state index is 0. The number of aryl methyl sites for hydroxylation is 1. The van der Waals surface area contributed by atoms with Gasteiger partial charge in [-0.15, -0.1) is 65.4 Å². The van der Waals surface area contributed by atoms with Gasteiger partial charge in [0.1, 0.15) is 0 Å². The van der Waals surface area contributed by atoms with Crippen LogP contribution in [-0.4, -0.2) is 0 Å². The molecule has 0 bridgehead atoms. The number of fused-ring (bicyclic) bond motifs is 1. The molecular formula is C12H15Cl2Zr-. The minimum Gasteiger partial charge on any atom is -0.165 e. The van der Waals surface area contributed by atoms with E-state index in [0.717, 1.165) is 0 Å². The SMILES string of the molecule is CCCc1cc2ccccc2[cH-]1.Cl.Cl.[Zr]. The molecule has 0 aromatic heterocycles. The summed E-state index contributed by atoms with van der Waals surface area (Å²) in [6, 6.07) is 13.1. The molecule has 2 rings (SSSR count). The van der Waals surface area contributed by atoms with E-state index in [9.17, 15) is 0 Å². The van der Waals surface area contributed by atoms with Crippen molar-refractivity contribution in [1.29, 1.82) is 0 Å². The molecule has 2 aromatic rings. The monoisotopic (exact) mass is 319 g/mol. The Morgan fingerprint density at radius 1 is 1.13 bits per heavy atom. The third kappa shape index (κ3) is 4.35. The van der Waals surface area contributed by atoms with Gasteiger partial charge in [-0.25, -0.2) is 0 Å². The summed E-state index contributed by atoms with van der Waals surface area (Å²) in [7, 11) is 0. The zero-order valence-corrected chi connectivity index (χ0v) is 12.8. The number of rotatable bonds is 2. The van der Waals surface area contributed by atoms with Gasteiger partial charge in [0.2, 0.25) is 0 Å². The minimum atomic E-state index is 0. The molecule has 0 aliphatic rings. The van der Waals surface area contributed by atoms with E-state index in [1.165, 1.54) is 29.2 Å². The number of hydrogen-bond donors (Lipinski definition) is 0. The van der Waals surface area contributed by atoms with Gasteiger partial charge in [0.25, 0.3) is 0 Å². The van der Waals surface area contributed by atoms with E-state index in [4.69, 9.17) is 0 Å². The summed E-state index contributed by atoms with van der Waals surface area (Å²) in [5.41, 5.74) is 1.47. The first-order valence-corrected chi connectivity index (χ1v) is 4.54. The predicted molar refractivity (Wildman–Crippen MR) is 68.0 cm³/mol. The molecule has 15 heavy (non-hydrogen) atoms. The van der Waals surface area contributed by atoms with Gasteiger partial charge in [-0.3, -0.25) is 0 Å². The van der Waals surface area contributed by atoms with Crippen molar-refractivity contribution in [3.05, 3.63) is 42.0 Å². The molecule has 0 aliphatic carbocycles. The maximum Gasteiger partial charge on any atom is 0 e. The van der Waals surface area contributed by atoms with Crippen LogP contribution in [0.1, 0.15) is 18.9 Å². The van der Waals surface area contributed by atoms with Gasteiger partial charge < -0.3 is 0 Å². The average molecular weight is 321 g/mol. The fourth-order valence-electron chi connectivity index (χ4n) is 1.65. The first-order chi connectivity index (χ1) is 5.90. The summed E-state index contributed by atoms with van der Waals surface area (Å²) in [5.74, 6) is 0. The van der Waals surface area contributed by atoms with Crippen LogP contribution in [0.15, 0.2) is 36.4 Å². The normalized spacial score (nSPS) is 8.60. The molecule has 0 amide bonds. The van der Waals surface area contributed by atoms with E-state index in [0.29, 0.717) is 0 Å². The maximum atomic E-state index is 2.29. The number of hydrogen-bond acceptors (Lipinski definition) is 0. The second-order valence-corrected chi connectivity index (χ2v) is 3.24. The van der Waals surface area contributed by atoms with Crippen molar-refractivity contribution in [1.82, 2.24) is 0 Å². The second-order valence-electron chi connectivity index (χ2n) is 3.24. The summed E-state index contributed by atoms with van der Waals surface area (Å²) < 4.78 is 0. The van der Waals surface area contributed by atoms with E-state index >= 15 is 0 Å². The average Bonchev–Trinajstić information content (AvgIpc) is 2.47. The largest absolute Gasteiger partial charge is 0.165 e. The van der Waals surface area contributed by atoms with Gasteiger partial charge in [-0.1, -0.05) is 19.4 Å². The van der Waals surface area contributed by atoms with Crippen molar-refractivity contribution in [2.24, 2.45) is 0 Å². The van der Waals surface area contributed by atoms with E-state index in [1.807, 2.05) is 0 Å². The van der Waals surface area contributed by atoms with Crippen LogP contribution in [0, 0.1) is 0 Å². The van der Waals surface area contributed by atoms with Crippen LogP contribution in [0.5, 0.6) is 0 Å². The molecule has 0 nitrogen and oxygen atoms in total. The molecule has 82 valence electrons. The summed E-state index contributed by atoms with van der Waals surface area (Å²) in [6.45, 7) is 2.22. The van der Waals surface area contributed by atoms with Gasteiger partial charge >= 0.3 is 0 Å². The Morgan fingerprint density at radius 2 is 1.80 bits per heavy atom. The molecule has 0 N–H and O–H groups in total. The van der Waals surface area contributed by atoms with Crippen molar-refractivity contribution in [3.63, 3.8) is 0 Å². The van der Waals surface area contributed by atoms with Gasteiger partial charge in [-0.05, 0) is 6.42 Å². The molecule has 0 unspecified atom stereocenters. The van der Waals surface area contributed by atoms with E-state index in [1.54, 1.807) is 0 Å². The fourth-order valence-corrected chi connectivity index (χ4v) is 1.65. The quantitative estimate of drug-likeness (QED) is 0.721. The Bertz CT molecular complexity index is 349. The number of benzene rings is 1. The summed E-state index contributed by atoms with van der Waals surface area (Å²) in [6.07, 6.45) is 2.44. The van der Waals surface area contributed by atoms with Crippen LogP contribution in [0.3, 0.4) is 0 Å². The first-order valence-electron chi connectivity index (χ1n) is 4.54. The predicted octanol–water partition coefficient (Wildman–Crippen LogP) is 4.35. The van der Waals surface area contributed by atoms with Crippen molar-refractivity contribution in [3.8, 4) is 0 Å². The molecule has 3 heteroatoms. The van der Waals surface area contributed by atoms with Gasteiger partial charge in [0.15, 0.2) is 0 Å². The van der Waals surface area contributed by atoms with Gasteiger partial charge in [-0.2, -0.15) is 6.07 Å². The molecule has 0 radical (unpaired) electrons. The van der Waals surface area contributed by atoms with E-state index in [-0.39, 0.29) is 51.0 Å². The van der Waals surface area contributed by atoms with Gasteiger partial charge in [0, 0.05) is 26.2 Å². The summed E-state index contributed by atoms with van der Waals surface area (Å²) in [5, 5.41) is 2.75. The van der Waals surface area contributed by atoms with Crippen molar-refractivity contribution in [2.45, 2.75) is 19.8 Å². The third-order valence-electron chi connectivity index (χ3n) is 2.22. The molecule has 0 atom stereocenters. The molecular weight excluding hydrogens is 306 g/mol. The second kappa shape index (κ2) is 8.45. The zero-order valence-electron chi connectivity index (χ0n) is 8.69. The third-order valence-corrected chi connectivity index (χ3v) is 2.22. The summed E-state index contributed by atoms with van der Waals surface area (Å²) in [4.78, 5) is 0. The van der Waals surface area contributed by atoms with E-state index < -0.39 is 0 Å². The Morgan fingerprint density at radius 3 is 2.40 bits per heavy atom. The van der Waals surface area contributed by atoms with E-state index in [2.05, 4.69) is 43.3 Å². The Hall–Kier alpha value is 0.293. The first kappa shape index (κ1) is 17.7. The van der Waals surface area contributed by atoms with Crippen LogP contribution in [0.25, 0.3) is 10.8 Å². The molecule has 0 saturated carbocycles. The maximum absolute atomic E-state index is 2.29. The molecule has 2 aromatic carbocycles. The van der Waals surface area contributed by atoms with Crippen LogP contribution in [-0.2, 0) is 32.6 Å². The molecule has 0 fully saturated rings. The topological polar surface area (TPSA) is 0 Å². The van der Waals surface area contributed by atoms with Crippen molar-refractivity contribution < 1.29 is 26.2 Å². The Kier molecular flexibility index (Phi) is 9.95. The molecule has 0 saturated heterocycles. The van der Waals surface area contributed by atoms with Crippen LogP contribution in [0.2, 0.25) is 0 Å². The van der Waals surface area contributed by atoms with Crippen LogP contribution < -0.4 is 0 Å². The number of halogens is 2. The smallest absolute Gasteiger partial charge is 0 e. The Balaban J connectivity index is 0. The van der Waals surface area contributed by atoms with Crippen LogP contribution in [0.4, 0.5) is 0 Å². The molecule has 0 aliphatic heterocycles. The van der Waals surface area contributed by atoms with Crippen molar-refractivity contribution >= 4 is 35.6 Å². The van der Waals surface area contributed by atoms with Crippen molar-refractivity contribution in [2.75, 3.05) is 0 Å². The molecule has 0 spiro atoms. The Labute approximate surface area is 123 Å². The van der Waals surface area contributed by atoms with Gasteiger partial charge in [0.05, 0.1) is 0 Å². The van der Waals surface area contributed by atoms with Crippen LogP contribution >= 0.6 is 24.8 Å². The molecule has 0 heterocycles. The zero-order chi connectivity index (χ0) is 8.39. The fraction of sp³-hybridized carbons (Fsp3) is 0.250. The summed E-state index contributed by atoms with van der Waals surface area (Å²) >= 11 is 0. The standard InChI is InChI=1S/C12H13.2ClH.Zr/c1-2-5-10-8-11-6-3-4-7-12(11)9-10;;;/h3-4,6-9H,2,5H2,1H3;2*1H;/q-1;;;.